The maximum Gasteiger partial charge on any atom is 0.484 e. The summed E-state index contributed by atoms with van der Waals surface area (Å²) < 4.78 is 6.00. The fourth-order valence-electron chi connectivity index (χ4n) is 3.93. The molecular formula is C17H22N3+3. The summed E-state index contributed by atoms with van der Waals surface area (Å²) in [5.41, 5.74) is 3.09. The molecule has 2 aliphatic rings. The number of rotatable bonds is 0. The van der Waals surface area contributed by atoms with Gasteiger partial charge in [0.15, 0.2) is 25.5 Å². The van der Waals surface area contributed by atoms with Crippen LogP contribution in [0.5, 0.6) is 0 Å². The molecule has 2 aromatic rings. The van der Waals surface area contributed by atoms with Gasteiger partial charge in [-0.15, -0.1) is 0 Å². The smallest absolute Gasteiger partial charge is 0.183 e. The van der Waals surface area contributed by atoms with Crippen molar-refractivity contribution >= 4 is 0 Å². The van der Waals surface area contributed by atoms with Crippen molar-refractivity contribution < 1.29 is 13.6 Å². The predicted molar refractivity (Wildman–Crippen MR) is 75.1 cm³/mol. The molecule has 0 unspecified atom stereocenters. The van der Waals surface area contributed by atoms with E-state index >= 15 is 0 Å². The van der Waals surface area contributed by atoms with Crippen LogP contribution in [0.3, 0.4) is 0 Å². The highest BCUT2D eigenvalue weighted by Crippen LogP contribution is 2.41. The second kappa shape index (κ2) is 3.67. The summed E-state index contributed by atoms with van der Waals surface area (Å²) in [6.07, 6.45) is 4.84. The summed E-state index contributed by atoms with van der Waals surface area (Å²) in [5, 5.41) is 0. The van der Waals surface area contributed by atoms with Gasteiger partial charge in [0, 0.05) is 24.3 Å². The largest absolute Gasteiger partial charge is 0.484 e. The van der Waals surface area contributed by atoms with Crippen LogP contribution in [0.15, 0.2) is 48.8 Å². The van der Waals surface area contributed by atoms with Crippen molar-refractivity contribution in [2.45, 2.75) is 45.7 Å². The number of hydrogen-bond acceptors (Lipinski definition) is 0. The molecule has 0 bridgehead atoms. The van der Waals surface area contributed by atoms with E-state index in [9.17, 15) is 0 Å². The fourth-order valence-corrected chi connectivity index (χ4v) is 3.93. The summed E-state index contributed by atoms with van der Waals surface area (Å²) in [7, 11) is 0. The van der Waals surface area contributed by atoms with Crippen molar-refractivity contribution in [2.75, 3.05) is 0 Å². The van der Waals surface area contributed by atoms with Gasteiger partial charge >= 0.3 is 6.29 Å². The molecule has 2 aromatic heterocycles. The van der Waals surface area contributed by atoms with Crippen LogP contribution in [0.25, 0.3) is 0 Å². The van der Waals surface area contributed by atoms with Crippen LogP contribution in [0.2, 0.25) is 0 Å². The van der Waals surface area contributed by atoms with Crippen LogP contribution >= 0.6 is 0 Å². The molecule has 0 spiro atoms. The zero-order chi connectivity index (χ0) is 14.0. The Morgan fingerprint density at radius 2 is 1.40 bits per heavy atom. The average molecular weight is 268 g/mol. The molecule has 0 saturated carbocycles. The molecule has 0 atom stereocenters. The van der Waals surface area contributed by atoms with E-state index in [1.165, 1.54) is 11.4 Å². The fraction of sp³-hybridized carbons (Fsp3) is 0.412. The predicted octanol–water partition coefficient (Wildman–Crippen LogP) is 1.91. The van der Waals surface area contributed by atoms with Crippen molar-refractivity contribution in [3.8, 4) is 0 Å². The lowest BCUT2D eigenvalue weighted by molar-refractivity contribution is -1.18. The van der Waals surface area contributed by atoms with Gasteiger partial charge in [-0.3, -0.25) is 0 Å². The standard InChI is InChI=1S/C17H22N3/c1-17(2,3)20-12-14-8-4-6-10-18(14)16(20)19-11-7-5-9-15(19)13-20/h4-11,16H,12-13H2,1-3H3/q+3. The van der Waals surface area contributed by atoms with E-state index in [1.807, 2.05) is 0 Å². The molecular weight excluding hydrogens is 246 g/mol. The Morgan fingerprint density at radius 1 is 0.900 bits per heavy atom. The third-order valence-electron chi connectivity index (χ3n) is 5.12. The van der Waals surface area contributed by atoms with Crippen LogP contribution in [0.1, 0.15) is 38.4 Å². The van der Waals surface area contributed by atoms with E-state index in [1.54, 1.807) is 0 Å². The second-order valence-corrected chi connectivity index (χ2v) is 7.07. The van der Waals surface area contributed by atoms with Gasteiger partial charge in [0.2, 0.25) is 11.4 Å². The summed E-state index contributed by atoms with van der Waals surface area (Å²) in [5.74, 6) is 0. The average Bonchev–Trinajstić information content (AvgIpc) is 2.89. The molecule has 102 valence electrons. The molecule has 4 rings (SSSR count). The molecule has 0 saturated heterocycles. The van der Waals surface area contributed by atoms with Gasteiger partial charge < -0.3 is 0 Å². The van der Waals surface area contributed by atoms with Gasteiger partial charge in [-0.05, 0) is 32.9 Å². The minimum absolute atomic E-state index is 0.211. The zero-order valence-corrected chi connectivity index (χ0v) is 12.5. The molecule has 0 amide bonds. The third-order valence-corrected chi connectivity index (χ3v) is 5.12. The summed E-state index contributed by atoms with van der Waals surface area (Å²) in [4.78, 5) is 0. The normalized spacial score (nSPS) is 27.1. The summed E-state index contributed by atoms with van der Waals surface area (Å²) >= 11 is 0. The van der Waals surface area contributed by atoms with Crippen LogP contribution in [-0.2, 0) is 13.1 Å². The first-order valence-corrected chi connectivity index (χ1v) is 7.38. The topological polar surface area (TPSA) is 7.76 Å². The van der Waals surface area contributed by atoms with E-state index in [0.29, 0.717) is 6.29 Å². The number of hydrogen-bond donors (Lipinski definition) is 0. The van der Waals surface area contributed by atoms with E-state index in [-0.39, 0.29) is 5.54 Å². The molecule has 3 heteroatoms. The van der Waals surface area contributed by atoms with E-state index in [2.05, 4.69) is 78.7 Å². The molecule has 0 fully saturated rings. The first-order valence-electron chi connectivity index (χ1n) is 7.38. The Kier molecular flexibility index (Phi) is 2.21. The second-order valence-electron chi connectivity index (χ2n) is 7.07. The highest BCUT2D eigenvalue weighted by Gasteiger charge is 2.68. The minimum atomic E-state index is 0.211. The first kappa shape index (κ1) is 12.0. The lowest BCUT2D eigenvalue weighted by Crippen LogP contribution is -2.67. The number of aromatic nitrogens is 2. The van der Waals surface area contributed by atoms with Gasteiger partial charge in [-0.1, -0.05) is 9.13 Å². The Morgan fingerprint density at radius 3 is 1.85 bits per heavy atom. The molecule has 0 aromatic carbocycles. The van der Waals surface area contributed by atoms with Crippen molar-refractivity contribution in [3.63, 3.8) is 0 Å². The Labute approximate surface area is 120 Å². The highest BCUT2D eigenvalue weighted by atomic mass is 15.6. The zero-order valence-electron chi connectivity index (χ0n) is 12.5. The monoisotopic (exact) mass is 268 g/mol. The van der Waals surface area contributed by atoms with Crippen LogP contribution in [-0.4, -0.2) is 10.0 Å². The molecule has 3 nitrogen and oxygen atoms in total. The van der Waals surface area contributed by atoms with Crippen molar-refractivity contribution in [2.24, 2.45) is 0 Å². The van der Waals surface area contributed by atoms with E-state index in [0.717, 1.165) is 17.6 Å². The molecule has 2 aliphatic heterocycles. The number of pyridine rings is 2. The molecule has 0 radical (unpaired) electrons. The van der Waals surface area contributed by atoms with E-state index < -0.39 is 0 Å². The summed E-state index contributed by atoms with van der Waals surface area (Å²) in [6.45, 7) is 9.34. The van der Waals surface area contributed by atoms with Gasteiger partial charge in [0.25, 0.3) is 0 Å². The Balaban J connectivity index is 1.99. The van der Waals surface area contributed by atoms with Crippen molar-refractivity contribution in [1.29, 1.82) is 0 Å². The van der Waals surface area contributed by atoms with Gasteiger partial charge in [-0.25, -0.2) is 0 Å². The third kappa shape index (κ3) is 1.33. The molecule has 20 heavy (non-hydrogen) atoms. The minimum Gasteiger partial charge on any atom is -0.183 e. The van der Waals surface area contributed by atoms with Crippen LogP contribution < -0.4 is 9.13 Å². The first-order chi connectivity index (χ1) is 9.53. The molecule has 4 heterocycles. The molecule has 0 N–H and O–H groups in total. The van der Waals surface area contributed by atoms with Gasteiger partial charge in [0.05, 0.1) is 0 Å². The van der Waals surface area contributed by atoms with Crippen molar-refractivity contribution in [1.82, 2.24) is 0 Å². The lowest BCUT2D eigenvalue weighted by atomic mass is 10.0. The Bertz CT molecular complexity index is 635. The van der Waals surface area contributed by atoms with Gasteiger partial charge in [-0.2, -0.15) is 4.48 Å². The number of nitrogens with zero attached hydrogens (tertiary/aromatic N) is 3. The van der Waals surface area contributed by atoms with Gasteiger partial charge in [0.1, 0.15) is 5.54 Å². The quantitative estimate of drug-likeness (QED) is 0.509. The van der Waals surface area contributed by atoms with Crippen molar-refractivity contribution in [3.05, 3.63) is 60.2 Å². The molecule has 0 aliphatic carbocycles. The number of quaternary nitrogens is 1. The van der Waals surface area contributed by atoms with E-state index in [4.69, 9.17) is 0 Å². The van der Waals surface area contributed by atoms with Crippen LogP contribution in [0.4, 0.5) is 0 Å². The Hall–Kier alpha value is -1.74. The lowest BCUT2D eigenvalue weighted by Gasteiger charge is -2.37. The summed E-state index contributed by atoms with van der Waals surface area (Å²) in [6, 6.07) is 13.1. The van der Waals surface area contributed by atoms with Crippen LogP contribution in [0, 0.1) is 0 Å². The maximum atomic E-state index is 2.46. The number of fused-ring (bicyclic) bond motifs is 5. The highest BCUT2D eigenvalue weighted by molar-refractivity contribution is 5.02. The maximum absolute atomic E-state index is 2.46. The SMILES string of the molecule is CC(C)(C)[N+]12Cc3cccc[n+]3C1[n+]1ccccc1C2.